The van der Waals surface area contributed by atoms with E-state index in [0.29, 0.717) is 0 Å². The van der Waals surface area contributed by atoms with E-state index >= 15 is 0 Å². The molecule has 0 aliphatic heterocycles. The molecule has 0 fully saturated rings. The fourth-order valence-corrected chi connectivity index (χ4v) is 3.47. The number of aromatic nitrogens is 3. The number of hydrogen-bond donors (Lipinski definition) is 2. The molecular weight excluding hydrogens is 443 g/mol. The minimum atomic E-state index is 0. The molecule has 0 aliphatic carbocycles. The molecule has 0 saturated carbocycles. The highest BCUT2D eigenvalue weighted by Crippen LogP contribution is 2.20. The van der Waals surface area contributed by atoms with Crippen LogP contribution in [0.1, 0.15) is 12.8 Å². The summed E-state index contributed by atoms with van der Waals surface area (Å²) in [5.74, 6) is 1.93. The Kier molecular flexibility index (Phi) is 11.1. The molecule has 0 spiro atoms. The number of thiazole rings is 1. The Bertz CT molecular complexity index is 529. The van der Waals surface area contributed by atoms with E-state index in [1.54, 1.807) is 36.3 Å². The lowest BCUT2D eigenvalue weighted by Gasteiger charge is -2.11. The highest BCUT2D eigenvalue weighted by Gasteiger charge is 1.99. The van der Waals surface area contributed by atoms with Crippen molar-refractivity contribution in [3.63, 3.8) is 0 Å². The van der Waals surface area contributed by atoms with Gasteiger partial charge in [0.15, 0.2) is 5.96 Å². The molecule has 0 amide bonds. The van der Waals surface area contributed by atoms with Crippen LogP contribution in [0, 0.1) is 0 Å². The normalized spacial score (nSPS) is 11.1. The topological polar surface area (TPSA) is 67.1 Å². The highest BCUT2D eigenvalue weighted by atomic mass is 127. The molecule has 0 bridgehead atoms. The van der Waals surface area contributed by atoms with Crippen LogP contribution in [0.3, 0.4) is 0 Å². The minimum Gasteiger partial charge on any atom is -0.356 e. The molecule has 23 heavy (non-hydrogen) atoms. The molecule has 6 nitrogen and oxygen atoms in total. The molecule has 0 aromatic carbocycles. The third-order valence-corrected chi connectivity index (χ3v) is 4.94. The van der Waals surface area contributed by atoms with E-state index in [2.05, 4.69) is 25.7 Å². The average molecular weight is 466 g/mol. The van der Waals surface area contributed by atoms with Gasteiger partial charge < -0.3 is 10.6 Å². The molecule has 0 atom stereocenters. The van der Waals surface area contributed by atoms with Crippen LogP contribution in [0.25, 0.3) is 0 Å². The van der Waals surface area contributed by atoms with E-state index in [-0.39, 0.29) is 24.0 Å². The van der Waals surface area contributed by atoms with E-state index in [0.717, 1.165) is 48.5 Å². The average Bonchev–Trinajstić information content (AvgIpc) is 3.22. The molecule has 0 aliphatic rings. The van der Waals surface area contributed by atoms with Crippen molar-refractivity contribution < 1.29 is 0 Å². The Morgan fingerprint density at radius 2 is 2.13 bits per heavy atom. The Labute approximate surface area is 162 Å². The molecule has 2 aromatic rings. The summed E-state index contributed by atoms with van der Waals surface area (Å²) in [6.45, 7) is 2.71. The first-order valence-corrected chi connectivity index (χ1v) is 9.19. The second-order valence-corrected chi connectivity index (χ2v) is 6.79. The van der Waals surface area contributed by atoms with Crippen LogP contribution in [0.15, 0.2) is 39.4 Å². The Hall–Kier alpha value is -0.810. The molecule has 2 N–H and O–H groups in total. The highest BCUT2D eigenvalue weighted by molar-refractivity contribution is 14.0. The Balaban J connectivity index is 0.00000264. The van der Waals surface area contributed by atoms with Gasteiger partial charge in [-0.1, -0.05) is 11.8 Å². The number of nitrogens with zero attached hydrogens (tertiary/aromatic N) is 4. The lowest BCUT2D eigenvalue weighted by atomic mass is 10.4. The molecule has 2 heterocycles. The van der Waals surface area contributed by atoms with Gasteiger partial charge >= 0.3 is 0 Å². The van der Waals surface area contributed by atoms with Gasteiger partial charge in [-0.05, 0) is 18.9 Å². The van der Waals surface area contributed by atoms with Crippen LogP contribution < -0.4 is 10.6 Å². The fraction of sp³-hybridized carbons (Fsp3) is 0.500. The molecule has 9 heteroatoms. The van der Waals surface area contributed by atoms with Crippen LogP contribution in [-0.2, 0) is 6.54 Å². The van der Waals surface area contributed by atoms with Crippen LogP contribution in [0.5, 0.6) is 0 Å². The fourth-order valence-electron chi connectivity index (χ4n) is 1.82. The van der Waals surface area contributed by atoms with E-state index in [9.17, 15) is 0 Å². The number of guanidine groups is 1. The summed E-state index contributed by atoms with van der Waals surface area (Å²) in [5.41, 5.74) is 0. The SMILES string of the molecule is CN=C(NCCCSc1nccs1)NCCCn1cccn1.I. The van der Waals surface area contributed by atoms with E-state index < -0.39 is 0 Å². The van der Waals surface area contributed by atoms with Crippen LogP contribution in [0.2, 0.25) is 0 Å². The number of nitrogens with one attached hydrogen (secondary N) is 2. The summed E-state index contributed by atoms with van der Waals surface area (Å²) in [4.78, 5) is 8.48. The van der Waals surface area contributed by atoms with Gasteiger partial charge in [0.2, 0.25) is 0 Å². The number of aliphatic imine (C=N–C) groups is 1. The van der Waals surface area contributed by atoms with Gasteiger partial charge in [0.1, 0.15) is 4.34 Å². The Morgan fingerprint density at radius 1 is 1.30 bits per heavy atom. The molecule has 0 saturated heterocycles. The van der Waals surface area contributed by atoms with Crippen LogP contribution in [0.4, 0.5) is 0 Å². The summed E-state index contributed by atoms with van der Waals surface area (Å²) >= 11 is 3.50. The largest absolute Gasteiger partial charge is 0.356 e. The number of aryl methyl sites for hydroxylation is 1. The lowest BCUT2D eigenvalue weighted by molar-refractivity contribution is 0.570. The monoisotopic (exact) mass is 466 g/mol. The zero-order valence-corrected chi connectivity index (χ0v) is 17.1. The van der Waals surface area contributed by atoms with Gasteiger partial charge in [0, 0.05) is 56.4 Å². The Morgan fingerprint density at radius 3 is 2.78 bits per heavy atom. The third-order valence-electron chi connectivity index (χ3n) is 2.89. The maximum Gasteiger partial charge on any atom is 0.190 e. The summed E-state index contributed by atoms with van der Waals surface area (Å²) in [6.07, 6.45) is 7.73. The number of halogens is 1. The molecule has 128 valence electrons. The third kappa shape index (κ3) is 8.56. The quantitative estimate of drug-likeness (QED) is 0.196. The number of hydrogen-bond acceptors (Lipinski definition) is 5. The molecule has 0 unspecified atom stereocenters. The number of rotatable bonds is 9. The smallest absolute Gasteiger partial charge is 0.190 e. The zero-order chi connectivity index (χ0) is 15.5. The van der Waals surface area contributed by atoms with Gasteiger partial charge in [0.05, 0.1) is 0 Å². The summed E-state index contributed by atoms with van der Waals surface area (Å²) in [7, 11) is 1.80. The van der Waals surface area contributed by atoms with Gasteiger partial charge in [-0.3, -0.25) is 9.67 Å². The van der Waals surface area contributed by atoms with E-state index in [4.69, 9.17) is 0 Å². The zero-order valence-electron chi connectivity index (χ0n) is 13.1. The van der Waals surface area contributed by atoms with Crippen molar-refractivity contribution in [3.05, 3.63) is 30.0 Å². The molecule has 0 radical (unpaired) electrons. The first kappa shape index (κ1) is 20.2. The lowest BCUT2D eigenvalue weighted by Crippen LogP contribution is -2.38. The van der Waals surface area contributed by atoms with Crippen molar-refractivity contribution in [2.75, 3.05) is 25.9 Å². The summed E-state index contributed by atoms with van der Waals surface area (Å²) in [6, 6.07) is 1.94. The van der Waals surface area contributed by atoms with Crippen LogP contribution in [-0.4, -0.2) is 46.6 Å². The van der Waals surface area contributed by atoms with E-state index in [1.165, 1.54) is 0 Å². The summed E-state index contributed by atoms with van der Waals surface area (Å²) in [5, 5.41) is 12.8. The van der Waals surface area contributed by atoms with Crippen LogP contribution >= 0.6 is 47.1 Å². The first-order valence-electron chi connectivity index (χ1n) is 7.32. The first-order chi connectivity index (χ1) is 10.9. The predicted molar refractivity (Wildman–Crippen MR) is 109 cm³/mol. The van der Waals surface area contributed by atoms with Crippen molar-refractivity contribution in [2.45, 2.75) is 23.7 Å². The van der Waals surface area contributed by atoms with Gasteiger partial charge in [-0.2, -0.15) is 5.10 Å². The summed E-state index contributed by atoms with van der Waals surface area (Å²) < 4.78 is 3.08. The van der Waals surface area contributed by atoms with Crippen molar-refractivity contribution in [1.82, 2.24) is 25.4 Å². The van der Waals surface area contributed by atoms with Crippen molar-refractivity contribution in [1.29, 1.82) is 0 Å². The van der Waals surface area contributed by atoms with E-state index in [1.807, 2.05) is 28.5 Å². The standard InChI is InChI=1S/C14H22N6S2.HI/c1-15-13(16-5-2-9-20-10-3-7-19-20)17-6-4-11-21-14-18-8-12-22-14;/h3,7-8,10,12H,2,4-6,9,11H2,1H3,(H2,15,16,17);1H. The molecular formula is C14H23IN6S2. The maximum atomic E-state index is 4.25. The van der Waals surface area contributed by atoms with Gasteiger partial charge in [-0.25, -0.2) is 4.98 Å². The van der Waals surface area contributed by atoms with Gasteiger partial charge in [-0.15, -0.1) is 35.3 Å². The minimum absolute atomic E-state index is 0. The second-order valence-electron chi connectivity index (χ2n) is 4.55. The van der Waals surface area contributed by atoms with Crippen molar-refractivity contribution >= 4 is 53.0 Å². The number of thioether (sulfide) groups is 1. The predicted octanol–water partition coefficient (Wildman–Crippen LogP) is 2.70. The molecule has 2 aromatic heterocycles. The van der Waals surface area contributed by atoms with Crippen molar-refractivity contribution in [3.8, 4) is 0 Å². The van der Waals surface area contributed by atoms with Gasteiger partial charge in [0.25, 0.3) is 0 Å². The van der Waals surface area contributed by atoms with Crippen molar-refractivity contribution in [2.24, 2.45) is 4.99 Å². The second kappa shape index (κ2) is 12.6. The molecule has 2 rings (SSSR count). The maximum absolute atomic E-state index is 4.25.